The minimum atomic E-state index is 0.376. The average molecular weight is 336 g/mol. The van der Waals surface area contributed by atoms with Crippen LogP contribution in [0.3, 0.4) is 0 Å². The first-order valence-corrected chi connectivity index (χ1v) is 9.78. The van der Waals surface area contributed by atoms with Crippen molar-refractivity contribution in [2.45, 2.75) is 52.9 Å². The molecule has 0 amide bonds. The highest BCUT2D eigenvalue weighted by molar-refractivity contribution is 5.39. The highest BCUT2D eigenvalue weighted by atomic mass is 14.8. The Labute approximate surface area is 153 Å². The topological polar surface area (TPSA) is 12.0 Å². The summed E-state index contributed by atoms with van der Waals surface area (Å²) in [4.78, 5) is 0. The van der Waals surface area contributed by atoms with Crippen molar-refractivity contribution < 1.29 is 0 Å². The maximum atomic E-state index is 4.21. The summed E-state index contributed by atoms with van der Waals surface area (Å²) in [6.07, 6.45) is 8.61. The molecule has 1 aromatic carbocycles. The van der Waals surface area contributed by atoms with Crippen LogP contribution in [0.4, 0.5) is 0 Å². The van der Waals surface area contributed by atoms with Crippen molar-refractivity contribution in [1.29, 1.82) is 0 Å². The van der Waals surface area contributed by atoms with Gasteiger partial charge in [-0.3, -0.25) is 0 Å². The first kappa shape index (κ1) is 18.2. The molecule has 1 aromatic rings. The molecule has 1 heteroatoms. The van der Waals surface area contributed by atoms with Crippen LogP contribution in [0, 0.1) is 11.3 Å². The Balaban J connectivity index is 1.58. The molecule has 1 saturated carbocycles. The zero-order valence-corrected chi connectivity index (χ0v) is 16.2. The Hall–Kier alpha value is -1.60. The van der Waals surface area contributed by atoms with Gasteiger partial charge in [-0.05, 0) is 69.4 Å². The first-order chi connectivity index (χ1) is 12.0. The Morgan fingerprint density at radius 2 is 2.04 bits per heavy atom. The molecule has 134 valence electrons. The number of benzene rings is 1. The average Bonchev–Trinajstić information content (AvgIpc) is 2.59. The van der Waals surface area contributed by atoms with Crippen LogP contribution in [0.15, 0.2) is 65.3 Å². The lowest BCUT2D eigenvalue weighted by molar-refractivity contribution is 0.258. The van der Waals surface area contributed by atoms with E-state index >= 15 is 0 Å². The number of rotatable bonds is 6. The zero-order chi connectivity index (χ0) is 17.9. The third-order valence-electron chi connectivity index (χ3n) is 6.22. The molecule has 0 radical (unpaired) electrons. The van der Waals surface area contributed by atoms with E-state index in [2.05, 4.69) is 69.1 Å². The van der Waals surface area contributed by atoms with Gasteiger partial charge < -0.3 is 5.32 Å². The van der Waals surface area contributed by atoms with E-state index in [-0.39, 0.29) is 0 Å². The minimum absolute atomic E-state index is 0.376. The van der Waals surface area contributed by atoms with Gasteiger partial charge in [0.1, 0.15) is 0 Å². The molecular weight excluding hydrogens is 302 g/mol. The highest BCUT2D eigenvalue weighted by Crippen LogP contribution is 2.51. The summed E-state index contributed by atoms with van der Waals surface area (Å²) in [5.41, 5.74) is 7.93. The number of nitrogens with one attached hydrogen (secondary N) is 1. The quantitative estimate of drug-likeness (QED) is 0.508. The van der Waals surface area contributed by atoms with Gasteiger partial charge in [0.05, 0.1) is 0 Å². The Morgan fingerprint density at radius 3 is 2.76 bits per heavy atom. The van der Waals surface area contributed by atoms with Gasteiger partial charge in [-0.15, -0.1) is 0 Å². The fourth-order valence-corrected chi connectivity index (χ4v) is 4.68. The van der Waals surface area contributed by atoms with E-state index in [4.69, 9.17) is 0 Å². The summed E-state index contributed by atoms with van der Waals surface area (Å²) >= 11 is 0. The fourth-order valence-electron chi connectivity index (χ4n) is 4.68. The van der Waals surface area contributed by atoms with Crippen molar-refractivity contribution in [2.75, 3.05) is 13.1 Å². The van der Waals surface area contributed by atoms with Crippen LogP contribution in [0.2, 0.25) is 0 Å². The largest absolute Gasteiger partial charge is 0.313 e. The SMILES string of the molecule is C=C(C)C1CCC2(C)CC(CNCCc3ccccc3)=CC(C)=C2C1. The molecule has 0 saturated heterocycles. The van der Waals surface area contributed by atoms with E-state index in [9.17, 15) is 0 Å². The maximum absolute atomic E-state index is 4.21. The molecule has 0 aromatic heterocycles. The van der Waals surface area contributed by atoms with E-state index in [1.165, 1.54) is 42.4 Å². The van der Waals surface area contributed by atoms with Gasteiger partial charge in [0.25, 0.3) is 0 Å². The second-order valence-corrected chi connectivity index (χ2v) is 8.40. The van der Waals surface area contributed by atoms with Crippen LogP contribution in [0.25, 0.3) is 0 Å². The molecule has 3 rings (SSSR count). The van der Waals surface area contributed by atoms with Crippen molar-refractivity contribution in [3.63, 3.8) is 0 Å². The van der Waals surface area contributed by atoms with E-state index in [1.54, 1.807) is 11.1 Å². The standard InChI is InChI=1S/C24H33N/c1-18(2)22-10-12-24(4)16-21(14-19(3)23(24)15-22)17-25-13-11-20-8-6-5-7-9-20/h5-9,14,22,25H,1,10-13,15-17H2,2-4H3. The summed E-state index contributed by atoms with van der Waals surface area (Å²) in [6.45, 7) is 13.3. The minimum Gasteiger partial charge on any atom is -0.313 e. The van der Waals surface area contributed by atoms with E-state index in [0.29, 0.717) is 11.3 Å². The van der Waals surface area contributed by atoms with Gasteiger partial charge in [-0.2, -0.15) is 0 Å². The smallest absolute Gasteiger partial charge is 0.0168 e. The molecular formula is C24H33N. The van der Waals surface area contributed by atoms with Gasteiger partial charge in [-0.25, -0.2) is 0 Å². The molecule has 25 heavy (non-hydrogen) atoms. The van der Waals surface area contributed by atoms with E-state index in [0.717, 1.165) is 19.5 Å². The Kier molecular flexibility index (Phi) is 5.64. The van der Waals surface area contributed by atoms with Gasteiger partial charge in [-0.1, -0.05) is 72.2 Å². The molecule has 1 fully saturated rings. The summed E-state index contributed by atoms with van der Waals surface area (Å²) < 4.78 is 0. The van der Waals surface area contributed by atoms with Crippen molar-refractivity contribution >= 4 is 0 Å². The van der Waals surface area contributed by atoms with E-state index in [1.807, 2.05) is 0 Å². The van der Waals surface area contributed by atoms with Crippen molar-refractivity contribution in [3.8, 4) is 0 Å². The van der Waals surface area contributed by atoms with Crippen LogP contribution in [0.1, 0.15) is 52.0 Å². The molecule has 0 heterocycles. The lowest BCUT2D eigenvalue weighted by atomic mass is 9.61. The summed E-state index contributed by atoms with van der Waals surface area (Å²) in [5, 5.41) is 3.66. The van der Waals surface area contributed by atoms with Crippen molar-refractivity contribution in [2.24, 2.45) is 11.3 Å². The molecule has 1 N–H and O–H groups in total. The molecule has 2 aliphatic rings. The molecule has 0 spiro atoms. The molecule has 2 unspecified atom stereocenters. The van der Waals surface area contributed by atoms with Gasteiger partial charge in [0, 0.05) is 6.54 Å². The number of hydrogen-bond donors (Lipinski definition) is 1. The number of allylic oxidation sites excluding steroid dienone is 4. The summed E-state index contributed by atoms with van der Waals surface area (Å²) in [5.74, 6) is 0.692. The first-order valence-electron chi connectivity index (χ1n) is 9.78. The van der Waals surface area contributed by atoms with Crippen LogP contribution in [0.5, 0.6) is 0 Å². The molecule has 0 bridgehead atoms. The van der Waals surface area contributed by atoms with E-state index < -0.39 is 0 Å². The zero-order valence-electron chi connectivity index (χ0n) is 16.2. The Bertz CT molecular complexity index is 679. The predicted molar refractivity (Wildman–Crippen MR) is 109 cm³/mol. The van der Waals surface area contributed by atoms with Crippen LogP contribution in [-0.4, -0.2) is 13.1 Å². The maximum Gasteiger partial charge on any atom is 0.0168 e. The molecule has 0 aliphatic heterocycles. The van der Waals surface area contributed by atoms with Crippen LogP contribution in [-0.2, 0) is 6.42 Å². The second-order valence-electron chi connectivity index (χ2n) is 8.40. The van der Waals surface area contributed by atoms with Gasteiger partial charge >= 0.3 is 0 Å². The van der Waals surface area contributed by atoms with Gasteiger partial charge in [0.2, 0.25) is 0 Å². The molecule has 2 atom stereocenters. The van der Waals surface area contributed by atoms with Crippen LogP contribution >= 0.6 is 0 Å². The molecule has 1 nitrogen and oxygen atoms in total. The van der Waals surface area contributed by atoms with Gasteiger partial charge in [0.15, 0.2) is 0 Å². The van der Waals surface area contributed by atoms with Crippen molar-refractivity contribution in [3.05, 3.63) is 70.8 Å². The fraction of sp³-hybridized carbons (Fsp3) is 0.500. The Morgan fingerprint density at radius 1 is 1.28 bits per heavy atom. The number of fused-ring (bicyclic) bond motifs is 1. The van der Waals surface area contributed by atoms with Crippen molar-refractivity contribution in [1.82, 2.24) is 5.32 Å². The summed E-state index contributed by atoms with van der Waals surface area (Å²) in [6, 6.07) is 10.7. The highest BCUT2D eigenvalue weighted by Gasteiger charge is 2.38. The molecule has 2 aliphatic carbocycles. The lowest BCUT2D eigenvalue weighted by Gasteiger charge is -2.44. The third-order valence-corrected chi connectivity index (χ3v) is 6.22. The van der Waals surface area contributed by atoms with Crippen LogP contribution < -0.4 is 5.32 Å². The predicted octanol–water partition coefficient (Wildman–Crippen LogP) is 5.85. The number of hydrogen-bond acceptors (Lipinski definition) is 1. The third kappa shape index (κ3) is 4.33. The lowest BCUT2D eigenvalue weighted by Crippen LogP contribution is -2.33. The second kappa shape index (κ2) is 7.74. The normalized spacial score (nSPS) is 26.2. The monoisotopic (exact) mass is 335 g/mol. The summed E-state index contributed by atoms with van der Waals surface area (Å²) in [7, 11) is 0.